The summed E-state index contributed by atoms with van der Waals surface area (Å²) < 4.78 is 0. The monoisotopic (exact) mass is 352 g/mol. The Bertz CT molecular complexity index is 881. The van der Waals surface area contributed by atoms with Gasteiger partial charge in [-0.05, 0) is 48.4 Å². The second-order valence-corrected chi connectivity index (χ2v) is 5.98. The number of hydrogen-bond acceptors (Lipinski definition) is 4. The van der Waals surface area contributed by atoms with Gasteiger partial charge in [0, 0.05) is 17.3 Å². The number of aryl methyl sites for hydroxylation is 1. The highest BCUT2D eigenvalue weighted by Crippen LogP contribution is 2.16. The maximum atomic E-state index is 12.2. The van der Waals surface area contributed by atoms with Crippen LogP contribution in [0.3, 0.4) is 0 Å². The molecule has 1 heterocycles. The minimum Gasteiger partial charge on any atom is -0.347 e. The topological polar surface area (TPSA) is 66.9 Å². The summed E-state index contributed by atoms with van der Waals surface area (Å²) in [5, 5.41) is 14.6. The van der Waals surface area contributed by atoms with Crippen LogP contribution in [0.5, 0.6) is 0 Å². The molecule has 1 aromatic heterocycles. The Hall–Kier alpha value is -2.92. The molecule has 0 spiro atoms. The number of carbonyl (C=O) groups excluding carboxylic acids is 1. The van der Waals surface area contributed by atoms with Gasteiger partial charge in [-0.2, -0.15) is 0 Å². The zero-order valence-electron chi connectivity index (χ0n) is 13.7. The van der Waals surface area contributed by atoms with Crippen LogP contribution in [0.4, 0.5) is 11.5 Å². The second-order valence-electron chi connectivity index (χ2n) is 5.57. The molecule has 0 radical (unpaired) electrons. The van der Waals surface area contributed by atoms with Crippen molar-refractivity contribution in [3.05, 3.63) is 82.5 Å². The minimum absolute atomic E-state index is 0.252. The van der Waals surface area contributed by atoms with Crippen molar-refractivity contribution >= 4 is 29.0 Å². The number of nitrogens with one attached hydrogen (secondary N) is 2. The number of carbonyl (C=O) groups is 1. The third-order valence-corrected chi connectivity index (χ3v) is 3.95. The molecule has 3 rings (SSSR count). The fourth-order valence-electron chi connectivity index (χ4n) is 2.30. The summed E-state index contributed by atoms with van der Waals surface area (Å²) in [6, 6.07) is 18.7. The molecule has 0 atom stereocenters. The highest BCUT2D eigenvalue weighted by molar-refractivity contribution is 6.31. The van der Waals surface area contributed by atoms with E-state index in [2.05, 4.69) is 20.8 Å². The number of anilines is 2. The first-order chi connectivity index (χ1) is 12.1. The van der Waals surface area contributed by atoms with E-state index < -0.39 is 0 Å². The lowest BCUT2D eigenvalue weighted by atomic mass is 10.2. The van der Waals surface area contributed by atoms with Crippen LogP contribution in [-0.2, 0) is 6.54 Å². The molecule has 6 heteroatoms. The summed E-state index contributed by atoms with van der Waals surface area (Å²) in [5.41, 5.74) is 3.17. The molecule has 1 amide bonds. The molecule has 0 saturated heterocycles. The van der Waals surface area contributed by atoms with E-state index in [-0.39, 0.29) is 11.6 Å². The van der Waals surface area contributed by atoms with E-state index in [9.17, 15) is 4.79 Å². The van der Waals surface area contributed by atoms with Crippen molar-refractivity contribution in [2.24, 2.45) is 0 Å². The van der Waals surface area contributed by atoms with Gasteiger partial charge in [-0.15, -0.1) is 10.2 Å². The van der Waals surface area contributed by atoms with E-state index in [4.69, 9.17) is 11.6 Å². The van der Waals surface area contributed by atoms with Gasteiger partial charge in [0.15, 0.2) is 11.5 Å². The van der Waals surface area contributed by atoms with E-state index in [1.165, 1.54) is 0 Å². The van der Waals surface area contributed by atoms with Crippen molar-refractivity contribution in [2.75, 3.05) is 5.32 Å². The lowest BCUT2D eigenvalue weighted by molar-refractivity contribution is 0.0945. The maximum Gasteiger partial charge on any atom is 0.272 e. The summed E-state index contributed by atoms with van der Waals surface area (Å²) in [4.78, 5) is 12.2. The highest BCUT2D eigenvalue weighted by Gasteiger charge is 2.09. The van der Waals surface area contributed by atoms with Gasteiger partial charge >= 0.3 is 0 Å². The quantitative estimate of drug-likeness (QED) is 0.725. The molecule has 0 fully saturated rings. The summed E-state index contributed by atoms with van der Waals surface area (Å²) in [7, 11) is 0. The van der Waals surface area contributed by atoms with Gasteiger partial charge in [0.2, 0.25) is 0 Å². The van der Waals surface area contributed by atoms with Crippen molar-refractivity contribution in [1.29, 1.82) is 0 Å². The molecule has 126 valence electrons. The smallest absolute Gasteiger partial charge is 0.272 e. The summed E-state index contributed by atoms with van der Waals surface area (Å²) in [6.07, 6.45) is 0. The van der Waals surface area contributed by atoms with Crippen LogP contribution in [0.1, 0.15) is 21.6 Å². The van der Waals surface area contributed by atoms with E-state index in [0.29, 0.717) is 17.4 Å². The molecular weight excluding hydrogens is 336 g/mol. The molecule has 0 aliphatic carbocycles. The first kappa shape index (κ1) is 16.9. The zero-order valence-corrected chi connectivity index (χ0v) is 14.4. The van der Waals surface area contributed by atoms with E-state index >= 15 is 0 Å². The first-order valence-electron chi connectivity index (χ1n) is 7.81. The predicted octanol–water partition coefficient (Wildman–Crippen LogP) is 4.11. The second kappa shape index (κ2) is 7.77. The predicted molar refractivity (Wildman–Crippen MR) is 99.1 cm³/mol. The van der Waals surface area contributed by atoms with Crippen LogP contribution in [0.2, 0.25) is 5.02 Å². The van der Waals surface area contributed by atoms with Crippen LogP contribution >= 0.6 is 11.6 Å². The molecule has 2 aromatic carbocycles. The van der Waals surface area contributed by atoms with Gasteiger partial charge in [0.1, 0.15) is 0 Å². The van der Waals surface area contributed by atoms with Crippen LogP contribution in [0.15, 0.2) is 60.7 Å². The number of rotatable bonds is 5. The first-order valence-corrected chi connectivity index (χ1v) is 8.18. The van der Waals surface area contributed by atoms with Gasteiger partial charge in [-0.3, -0.25) is 4.79 Å². The number of benzene rings is 2. The molecule has 0 aliphatic rings. The number of amides is 1. The van der Waals surface area contributed by atoms with Crippen molar-refractivity contribution in [3.63, 3.8) is 0 Å². The lowest BCUT2D eigenvalue weighted by Crippen LogP contribution is -2.24. The molecule has 0 saturated carbocycles. The standard InChI is InChI=1S/C19H17ClN4O/c1-13-5-4-7-15(11-13)22-18-10-9-17(23-24-18)19(25)21-12-14-6-2-3-8-16(14)20/h2-11H,12H2,1H3,(H,21,25)(H,22,24). The van der Waals surface area contributed by atoms with Crippen molar-refractivity contribution in [1.82, 2.24) is 15.5 Å². The maximum absolute atomic E-state index is 12.2. The molecule has 0 unspecified atom stereocenters. The van der Waals surface area contributed by atoms with E-state index in [1.54, 1.807) is 18.2 Å². The van der Waals surface area contributed by atoms with Crippen LogP contribution in [0.25, 0.3) is 0 Å². The van der Waals surface area contributed by atoms with Crippen molar-refractivity contribution in [3.8, 4) is 0 Å². The average molecular weight is 353 g/mol. The zero-order chi connectivity index (χ0) is 17.6. The third kappa shape index (κ3) is 4.55. The van der Waals surface area contributed by atoms with Crippen LogP contribution < -0.4 is 10.6 Å². The van der Waals surface area contributed by atoms with Crippen LogP contribution in [0, 0.1) is 6.92 Å². The van der Waals surface area contributed by atoms with Gasteiger partial charge in [-0.25, -0.2) is 0 Å². The molecule has 25 heavy (non-hydrogen) atoms. The molecule has 0 bridgehead atoms. The molecule has 3 aromatic rings. The summed E-state index contributed by atoms with van der Waals surface area (Å²) >= 11 is 6.08. The number of hydrogen-bond donors (Lipinski definition) is 2. The highest BCUT2D eigenvalue weighted by atomic mass is 35.5. The summed E-state index contributed by atoms with van der Waals surface area (Å²) in [6.45, 7) is 2.35. The third-order valence-electron chi connectivity index (χ3n) is 3.58. The Morgan fingerprint density at radius 2 is 1.88 bits per heavy atom. The fourth-order valence-corrected chi connectivity index (χ4v) is 2.50. The van der Waals surface area contributed by atoms with Gasteiger partial charge < -0.3 is 10.6 Å². The average Bonchev–Trinajstić information content (AvgIpc) is 2.61. The Morgan fingerprint density at radius 3 is 2.60 bits per heavy atom. The number of aromatic nitrogens is 2. The molecule has 5 nitrogen and oxygen atoms in total. The normalized spacial score (nSPS) is 10.3. The lowest BCUT2D eigenvalue weighted by Gasteiger charge is -2.08. The number of nitrogens with zero attached hydrogens (tertiary/aromatic N) is 2. The van der Waals surface area contributed by atoms with Crippen molar-refractivity contribution in [2.45, 2.75) is 13.5 Å². The molecule has 0 aliphatic heterocycles. The molecular formula is C19H17ClN4O. The Kier molecular flexibility index (Phi) is 5.26. The number of halogens is 1. The largest absolute Gasteiger partial charge is 0.347 e. The van der Waals surface area contributed by atoms with Gasteiger partial charge in [-0.1, -0.05) is 41.9 Å². The van der Waals surface area contributed by atoms with E-state index in [0.717, 1.165) is 16.8 Å². The van der Waals surface area contributed by atoms with Crippen molar-refractivity contribution < 1.29 is 4.79 Å². The Balaban J connectivity index is 1.61. The van der Waals surface area contributed by atoms with Gasteiger partial charge in [0.25, 0.3) is 5.91 Å². The molecule has 2 N–H and O–H groups in total. The minimum atomic E-state index is -0.297. The fraction of sp³-hybridized carbons (Fsp3) is 0.105. The van der Waals surface area contributed by atoms with Gasteiger partial charge in [0.05, 0.1) is 0 Å². The van der Waals surface area contributed by atoms with E-state index in [1.807, 2.05) is 49.4 Å². The SMILES string of the molecule is Cc1cccc(Nc2ccc(C(=O)NCc3ccccc3Cl)nn2)c1. The Morgan fingerprint density at radius 1 is 1.04 bits per heavy atom. The Labute approximate surface area is 151 Å². The summed E-state index contributed by atoms with van der Waals surface area (Å²) in [5.74, 6) is 0.280. The van der Waals surface area contributed by atoms with Crippen LogP contribution in [-0.4, -0.2) is 16.1 Å².